The summed E-state index contributed by atoms with van der Waals surface area (Å²) in [5.74, 6) is -0.345. The Morgan fingerprint density at radius 1 is 1.44 bits per heavy atom. The summed E-state index contributed by atoms with van der Waals surface area (Å²) in [6.45, 7) is 1.50. The van der Waals surface area contributed by atoms with Crippen LogP contribution >= 0.6 is 0 Å². The molecule has 16 heavy (non-hydrogen) atoms. The van der Waals surface area contributed by atoms with E-state index in [4.69, 9.17) is 4.42 Å². The maximum atomic E-state index is 11.6. The number of hydrogen-bond donors (Lipinski definition) is 0. The zero-order chi connectivity index (χ0) is 11.3. The highest BCUT2D eigenvalue weighted by Gasteiger charge is 2.28. The van der Waals surface area contributed by atoms with Crippen molar-refractivity contribution in [2.24, 2.45) is 0 Å². The summed E-state index contributed by atoms with van der Waals surface area (Å²) >= 11 is 0. The number of Topliss-reactive ketones (excluding diaryl/α,β-unsaturated/α-hetero) is 1. The van der Waals surface area contributed by atoms with Crippen molar-refractivity contribution in [2.75, 3.05) is 0 Å². The van der Waals surface area contributed by atoms with Gasteiger partial charge in [-0.05, 0) is 38.0 Å². The lowest BCUT2D eigenvalue weighted by molar-refractivity contribution is 0.101. The highest BCUT2D eigenvalue weighted by molar-refractivity contribution is 5.96. The van der Waals surface area contributed by atoms with Gasteiger partial charge in [0.1, 0.15) is 0 Å². The first-order valence-electron chi connectivity index (χ1n) is 5.33. The molecule has 0 saturated heterocycles. The van der Waals surface area contributed by atoms with Crippen LogP contribution in [0.5, 0.6) is 0 Å². The van der Waals surface area contributed by atoms with Gasteiger partial charge in [0.15, 0.2) is 11.4 Å². The Balaban J connectivity index is 2.27. The number of ketones is 1. The summed E-state index contributed by atoms with van der Waals surface area (Å²) in [6, 6.07) is 5.45. The van der Waals surface area contributed by atoms with Crippen molar-refractivity contribution < 1.29 is 9.21 Å². The molecule has 0 atom stereocenters. The molecule has 1 aromatic heterocycles. The summed E-state index contributed by atoms with van der Waals surface area (Å²) in [5, 5.41) is 0. The van der Waals surface area contributed by atoms with E-state index in [1.54, 1.807) is 22.8 Å². The molecule has 4 nitrogen and oxygen atoms in total. The highest BCUT2D eigenvalue weighted by atomic mass is 16.4. The Kier molecular flexibility index (Phi) is 1.80. The molecular formula is C12H11NO3. The summed E-state index contributed by atoms with van der Waals surface area (Å²) in [7, 11) is 0. The molecule has 0 amide bonds. The van der Waals surface area contributed by atoms with E-state index in [0.717, 1.165) is 18.4 Å². The second-order valence-electron chi connectivity index (χ2n) is 4.21. The molecule has 4 heteroatoms. The topological polar surface area (TPSA) is 52.2 Å². The second-order valence-corrected chi connectivity index (χ2v) is 4.21. The van der Waals surface area contributed by atoms with Gasteiger partial charge < -0.3 is 4.42 Å². The first-order chi connectivity index (χ1) is 7.66. The van der Waals surface area contributed by atoms with E-state index in [0.29, 0.717) is 11.1 Å². The van der Waals surface area contributed by atoms with Crippen LogP contribution in [0.3, 0.4) is 0 Å². The van der Waals surface area contributed by atoms with Crippen LogP contribution in [-0.4, -0.2) is 10.4 Å². The number of hydrogen-bond acceptors (Lipinski definition) is 3. The van der Waals surface area contributed by atoms with E-state index in [9.17, 15) is 9.59 Å². The first kappa shape index (κ1) is 9.39. The molecule has 1 aromatic carbocycles. The molecule has 82 valence electrons. The molecule has 0 radical (unpaired) electrons. The SMILES string of the molecule is CC(=O)c1ccc2c(c1)oc(=O)n2C1CC1. The number of fused-ring (bicyclic) bond motifs is 1. The zero-order valence-electron chi connectivity index (χ0n) is 8.90. The zero-order valence-corrected chi connectivity index (χ0v) is 8.90. The molecule has 2 aromatic rings. The number of nitrogens with zero attached hydrogens (tertiary/aromatic N) is 1. The van der Waals surface area contributed by atoms with Gasteiger partial charge in [-0.3, -0.25) is 9.36 Å². The number of benzene rings is 1. The van der Waals surface area contributed by atoms with E-state index in [2.05, 4.69) is 0 Å². The fraction of sp³-hybridized carbons (Fsp3) is 0.333. The Morgan fingerprint density at radius 2 is 2.19 bits per heavy atom. The van der Waals surface area contributed by atoms with Crippen LogP contribution in [0.25, 0.3) is 11.1 Å². The fourth-order valence-electron chi connectivity index (χ4n) is 1.93. The van der Waals surface area contributed by atoms with E-state index in [1.807, 2.05) is 0 Å². The second kappa shape index (κ2) is 3.07. The van der Waals surface area contributed by atoms with Crippen LogP contribution in [0.2, 0.25) is 0 Å². The van der Waals surface area contributed by atoms with E-state index < -0.39 is 0 Å². The minimum absolute atomic E-state index is 0.0243. The lowest BCUT2D eigenvalue weighted by atomic mass is 10.1. The molecular weight excluding hydrogens is 206 g/mol. The Morgan fingerprint density at radius 3 is 2.81 bits per heavy atom. The van der Waals surface area contributed by atoms with Gasteiger partial charge >= 0.3 is 5.76 Å². The molecule has 1 aliphatic rings. The molecule has 0 N–H and O–H groups in total. The molecule has 1 heterocycles. The van der Waals surface area contributed by atoms with Crippen LogP contribution in [0.4, 0.5) is 0 Å². The lowest BCUT2D eigenvalue weighted by Crippen LogP contribution is -2.11. The largest absolute Gasteiger partial charge is 0.420 e. The van der Waals surface area contributed by atoms with Gasteiger partial charge in [0, 0.05) is 11.6 Å². The van der Waals surface area contributed by atoms with Crippen molar-refractivity contribution in [3.8, 4) is 0 Å². The molecule has 0 unspecified atom stereocenters. The van der Waals surface area contributed by atoms with Crippen LogP contribution in [0, 0.1) is 0 Å². The van der Waals surface area contributed by atoms with Crippen molar-refractivity contribution >= 4 is 16.9 Å². The van der Waals surface area contributed by atoms with Gasteiger partial charge in [0.2, 0.25) is 0 Å². The minimum atomic E-state index is -0.321. The van der Waals surface area contributed by atoms with Crippen molar-refractivity contribution in [1.82, 2.24) is 4.57 Å². The predicted octanol–water partition coefficient (Wildman–Crippen LogP) is 2.13. The van der Waals surface area contributed by atoms with Crippen LogP contribution in [0.1, 0.15) is 36.2 Å². The van der Waals surface area contributed by atoms with Gasteiger partial charge in [-0.15, -0.1) is 0 Å². The lowest BCUT2D eigenvalue weighted by Gasteiger charge is -1.98. The molecule has 1 saturated carbocycles. The van der Waals surface area contributed by atoms with Gasteiger partial charge in [0.25, 0.3) is 0 Å². The van der Waals surface area contributed by atoms with Crippen LogP contribution < -0.4 is 5.76 Å². The third kappa shape index (κ3) is 1.30. The Bertz CT molecular complexity index is 631. The maximum Gasteiger partial charge on any atom is 0.420 e. The van der Waals surface area contributed by atoms with Gasteiger partial charge in [-0.2, -0.15) is 0 Å². The van der Waals surface area contributed by atoms with Gasteiger partial charge in [0.05, 0.1) is 5.52 Å². The van der Waals surface area contributed by atoms with E-state index >= 15 is 0 Å². The summed E-state index contributed by atoms with van der Waals surface area (Å²) in [4.78, 5) is 22.8. The molecule has 1 fully saturated rings. The van der Waals surface area contributed by atoms with Crippen molar-refractivity contribution in [1.29, 1.82) is 0 Å². The summed E-state index contributed by atoms with van der Waals surface area (Å²) in [5.41, 5.74) is 1.87. The van der Waals surface area contributed by atoms with Crippen molar-refractivity contribution in [2.45, 2.75) is 25.8 Å². The normalized spacial score (nSPS) is 15.6. The quantitative estimate of drug-likeness (QED) is 0.724. The average Bonchev–Trinajstić information content (AvgIpc) is 3.00. The average molecular weight is 217 g/mol. The molecule has 0 bridgehead atoms. The molecule has 0 aliphatic heterocycles. The standard InChI is InChI=1S/C12H11NO3/c1-7(14)8-2-5-10-11(6-8)16-12(15)13(10)9-3-4-9/h2,5-6,9H,3-4H2,1H3. The Labute approximate surface area is 91.5 Å². The number of aromatic nitrogens is 1. The number of oxazole rings is 1. The highest BCUT2D eigenvalue weighted by Crippen LogP contribution is 2.36. The van der Waals surface area contributed by atoms with E-state index in [-0.39, 0.29) is 17.6 Å². The maximum absolute atomic E-state index is 11.6. The van der Waals surface area contributed by atoms with E-state index in [1.165, 1.54) is 6.92 Å². The summed E-state index contributed by atoms with van der Waals surface area (Å²) < 4.78 is 6.83. The van der Waals surface area contributed by atoms with Crippen molar-refractivity contribution in [3.05, 3.63) is 34.3 Å². The number of rotatable bonds is 2. The van der Waals surface area contributed by atoms with Crippen LogP contribution in [-0.2, 0) is 0 Å². The third-order valence-electron chi connectivity index (χ3n) is 2.93. The molecule has 1 aliphatic carbocycles. The van der Waals surface area contributed by atoms with Gasteiger partial charge in [-0.1, -0.05) is 0 Å². The Hall–Kier alpha value is -1.84. The van der Waals surface area contributed by atoms with Crippen LogP contribution in [0.15, 0.2) is 27.4 Å². The number of carbonyl (C=O) groups excluding carboxylic acids is 1. The fourth-order valence-corrected chi connectivity index (χ4v) is 1.93. The van der Waals surface area contributed by atoms with Gasteiger partial charge in [-0.25, -0.2) is 4.79 Å². The van der Waals surface area contributed by atoms with Crippen molar-refractivity contribution in [3.63, 3.8) is 0 Å². The predicted molar refractivity (Wildman–Crippen MR) is 58.7 cm³/mol. The summed E-state index contributed by atoms with van der Waals surface area (Å²) in [6.07, 6.45) is 2.06. The number of carbonyl (C=O) groups is 1. The third-order valence-corrected chi connectivity index (χ3v) is 2.93. The smallest absolute Gasteiger partial charge is 0.408 e. The minimum Gasteiger partial charge on any atom is -0.408 e. The molecule has 3 rings (SSSR count). The molecule has 0 spiro atoms. The first-order valence-corrected chi connectivity index (χ1v) is 5.33. The monoisotopic (exact) mass is 217 g/mol.